The second kappa shape index (κ2) is 7.07. The first-order valence-corrected chi connectivity index (χ1v) is 7.00. The number of hydrogen-bond acceptors (Lipinski definition) is 4. The predicted octanol–water partition coefficient (Wildman–Crippen LogP) is 1.00. The number of nitrogens with zero attached hydrogens (tertiary/aromatic N) is 3. The smallest absolute Gasteiger partial charge is 0.329 e. The highest BCUT2D eigenvalue weighted by Crippen LogP contribution is 2.15. The van der Waals surface area contributed by atoms with Crippen molar-refractivity contribution in [1.82, 2.24) is 14.7 Å². The molecular formula is C13H20N4O4. The summed E-state index contributed by atoms with van der Waals surface area (Å²) in [6.45, 7) is 3.55. The van der Waals surface area contributed by atoms with Crippen LogP contribution in [-0.4, -0.2) is 57.6 Å². The van der Waals surface area contributed by atoms with E-state index in [4.69, 9.17) is 9.84 Å². The molecule has 1 saturated heterocycles. The minimum Gasteiger partial charge on any atom is -0.480 e. The van der Waals surface area contributed by atoms with Crippen LogP contribution in [0, 0.1) is 0 Å². The Morgan fingerprint density at radius 3 is 2.76 bits per heavy atom. The van der Waals surface area contributed by atoms with Crippen molar-refractivity contribution in [3.05, 3.63) is 12.4 Å². The molecule has 2 rings (SSSR count). The maximum Gasteiger partial charge on any atom is 0.329 e. The first-order valence-electron chi connectivity index (χ1n) is 7.00. The van der Waals surface area contributed by atoms with Gasteiger partial charge in [0.2, 0.25) is 0 Å². The SMILES string of the molecule is CCn1cc(NC(=O)N2CCC(OCC(=O)O)CC2)cn1. The molecule has 2 N–H and O–H groups in total. The van der Waals surface area contributed by atoms with Gasteiger partial charge in [-0.2, -0.15) is 5.10 Å². The number of piperidine rings is 1. The largest absolute Gasteiger partial charge is 0.480 e. The van der Waals surface area contributed by atoms with Crippen LogP contribution in [0.25, 0.3) is 0 Å². The highest BCUT2D eigenvalue weighted by atomic mass is 16.5. The van der Waals surface area contributed by atoms with E-state index in [2.05, 4.69) is 10.4 Å². The molecule has 8 nitrogen and oxygen atoms in total. The van der Waals surface area contributed by atoms with Gasteiger partial charge < -0.3 is 20.1 Å². The van der Waals surface area contributed by atoms with Crippen LogP contribution in [0.15, 0.2) is 12.4 Å². The molecule has 0 saturated carbocycles. The molecule has 2 heterocycles. The lowest BCUT2D eigenvalue weighted by Crippen LogP contribution is -2.43. The molecule has 1 aromatic heterocycles. The summed E-state index contributed by atoms with van der Waals surface area (Å²) < 4.78 is 6.98. The summed E-state index contributed by atoms with van der Waals surface area (Å²) in [5.41, 5.74) is 0.672. The maximum atomic E-state index is 12.1. The van der Waals surface area contributed by atoms with E-state index in [1.807, 2.05) is 6.92 Å². The zero-order chi connectivity index (χ0) is 15.2. The number of amides is 2. The summed E-state index contributed by atoms with van der Waals surface area (Å²) in [5, 5.41) is 15.5. The van der Waals surface area contributed by atoms with Gasteiger partial charge in [0.1, 0.15) is 6.61 Å². The fourth-order valence-electron chi connectivity index (χ4n) is 2.22. The van der Waals surface area contributed by atoms with Gasteiger partial charge in [-0.3, -0.25) is 4.68 Å². The molecule has 0 radical (unpaired) electrons. The van der Waals surface area contributed by atoms with Crippen LogP contribution in [0.1, 0.15) is 19.8 Å². The van der Waals surface area contributed by atoms with E-state index in [-0.39, 0.29) is 18.7 Å². The average Bonchev–Trinajstić information content (AvgIpc) is 2.93. The summed E-state index contributed by atoms with van der Waals surface area (Å²) in [6.07, 6.45) is 4.60. The number of aryl methyl sites for hydroxylation is 1. The van der Waals surface area contributed by atoms with Gasteiger partial charge in [0, 0.05) is 25.8 Å². The topological polar surface area (TPSA) is 96.7 Å². The molecule has 0 aliphatic carbocycles. The minimum absolute atomic E-state index is 0.0898. The van der Waals surface area contributed by atoms with Crippen LogP contribution < -0.4 is 5.32 Å². The Balaban J connectivity index is 1.76. The summed E-state index contributed by atoms with van der Waals surface area (Å²) in [7, 11) is 0. The molecule has 0 spiro atoms. The lowest BCUT2D eigenvalue weighted by molar-refractivity contribution is -0.145. The number of anilines is 1. The highest BCUT2D eigenvalue weighted by molar-refractivity contribution is 5.89. The van der Waals surface area contributed by atoms with Crippen molar-refractivity contribution in [2.24, 2.45) is 0 Å². The van der Waals surface area contributed by atoms with E-state index in [9.17, 15) is 9.59 Å². The number of carbonyl (C=O) groups is 2. The standard InChI is InChI=1S/C13H20N4O4/c1-2-17-8-10(7-14-17)15-13(20)16-5-3-11(4-6-16)21-9-12(18)19/h7-8,11H,2-6,9H2,1H3,(H,15,20)(H,18,19). The normalized spacial score (nSPS) is 16.0. The second-order valence-corrected chi connectivity index (χ2v) is 4.91. The Bertz CT molecular complexity index is 494. The number of likely N-dealkylation sites (tertiary alicyclic amines) is 1. The summed E-state index contributed by atoms with van der Waals surface area (Å²) in [4.78, 5) is 24.2. The van der Waals surface area contributed by atoms with Crippen LogP contribution >= 0.6 is 0 Å². The molecule has 0 aromatic carbocycles. The maximum absolute atomic E-state index is 12.1. The zero-order valence-corrected chi connectivity index (χ0v) is 12.0. The molecule has 2 amide bonds. The van der Waals surface area contributed by atoms with E-state index >= 15 is 0 Å². The molecule has 1 aliphatic heterocycles. The number of rotatable bonds is 5. The Morgan fingerprint density at radius 1 is 1.48 bits per heavy atom. The number of ether oxygens (including phenoxy) is 1. The van der Waals surface area contributed by atoms with Gasteiger partial charge in [-0.15, -0.1) is 0 Å². The van der Waals surface area contributed by atoms with Crippen LogP contribution in [0.3, 0.4) is 0 Å². The Hall–Kier alpha value is -2.09. The zero-order valence-electron chi connectivity index (χ0n) is 12.0. The number of aliphatic carboxylic acids is 1. The first-order chi connectivity index (χ1) is 10.1. The summed E-state index contributed by atoms with van der Waals surface area (Å²) in [5.74, 6) is -0.969. The van der Waals surface area contributed by atoms with E-state index in [1.54, 1.807) is 22.0 Å². The first kappa shape index (κ1) is 15.3. The summed E-state index contributed by atoms with van der Waals surface area (Å²) in [6, 6.07) is -0.165. The molecule has 1 fully saturated rings. The Labute approximate surface area is 122 Å². The van der Waals surface area contributed by atoms with Crippen molar-refractivity contribution in [3.8, 4) is 0 Å². The average molecular weight is 296 g/mol. The van der Waals surface area contributed by atoms with Crippen molar-refractivity contribution in [2.45, 2.75) is 32.4 Å². The van der Waals surface area contributed by atoms with Crippen molar-refractivity contribution >= 4 is 17.7 Å². The number of carboxylic acids is 1. The molecule has 0 bridgehead atoms. The number of hydrogen-bond donors (Lipinski definition) is 2. The monoisotopic (exact) mass is 296 g/mol. The molecule has 21 heavy (non-hydrogen) atoms. The Kier molecular flexibility index (Phi) is 5.15. The van der Waals surface area contributed by atoms with E-state index in [1.165, 1.54) is 0 Å². The van der Waals surface area contributed by atoms with Crippen molar-refractivity contribution < 1.29 is 19.4 Å². The number of urea groups is 1. The predicted molar refractivity (Wildman–Crippen MR) is 75.1 cm³/mol. The highest BCUT2D eigenvalue weighted by Gasteiger charge is 2.23. The van der Waals surface area contributed by atoms with Crippen LogP contribution in [-0.2, 0) is 16.1 Å². The van der Waals surface area contributed by atoms with Gasteiger partial charge >= 0.3 is 12.0 Å². The third-order valence-corrected chi connectivity index (χ3v) is 3.38. The molecule has 0 atom stereocenters. The molecule has 0 unspecified atom stereocenters. The van der Waals surface area contributed by atoms with Crippen LogP contribution in [0.4, 0.5) is 10.5 Å². The van der Waals surface area contributed by atoms with Crippen molar-refractivity contribution in [1.29, 1.82) is 0 Å². The molecule has 116 valence electrons. The molecule has 8 heteroatoms. The number of carboxylic acid groups (broad SMARTS) is 1. The lowest BCUT2D eigenvalue weighted by Gasteiger charge is -2.31. The van der Waals surface area contributed by atoms with Gasteiger partial charge in [-0.25, -0.2) is 9.59 Å². The van der Waals surface area contributed by atoms with Crippen LogP contribution in [0.2, 0.25) is 0 Å². The van der Waals surface area contributed by atoms with E-state index < -0.39 is 5.97 Å². The third kappa shape index (κ3) is 4.45. The summed E-state index contributed by atoms with van der Waals surface area (Å²) >= 11 is 0. The van der Waals surface area contributed by atoms with E-state index in [0.717, 1.165) is 6.54 Å². The Morgan fingerprint density at radius 2 is 2.19 bits per heavy atom. The van der Waals surface area contributed by atoms with Gasteiger partial charge in [0.05, 0.1) is 18.0 Å². The number of carbonyl (C=O) groups excluding carboxylic acids is 1. The van der Waals surface area contributed by atoms with Crippen molar-refractivity contribution in [3.63, 3.8) is 0 Å². The molecule has 1 aliphatic rings. The second-order valence-electron chi connectivity index (χ2n) is 4.91. The molecule has 1 aromatic rings. The van der Waals surface area contributed by atoms with Gasteiger partial charge in [-0.1, -0.05) is 0 Å². The minimum atomic E-state index is -0.969. The van der Waals surface area contributed by atoms with Crippen molar-refractivity contribution in [2.75, 3.05) is 25.0 Å². The van der Waals surface area contributed by atoms with E-state index in [0.29, 0.717) is 31.6 Å². The lowest BCUT2D eigenvalue weighted by atomic mass is 10.1. The van der Waals surface area contributed by atoms with Gasteiger partial charge in [-0.05, 0) is 19.8 Å². The van der Waals surface area contributed by atoms with Gasteiger partial charge in [0.15, 0.2) is 0 Å². The number of aromatic nitrogens is 2. The fourth-order valence-corrected chi connectivity index (χ4v) is 2.22. The van der Waals surface area contributed by atoms with Crippen LogP contribution in [0.5, 0.6) is 0 Å². The van der Waals surface area contributed by atoms with Gasteiger partial charge in [0.25, 0.3) is 0 Å². The quantitative estimate of drug-likeness (QED) is 0.845. The molecular weight excluding hydrogens is 276 g/mol. The fraction of sp³-hybridized carbons (Fsp3) is 0.615. The number of nitrogens with one attached hydrogen (secondary N) is 1. The third-order valence-electron chi connectivity index (χ3n) is 3.38.